The molecule has 0 radical (unpaired) electrons. The number of pyridine rings is 1. The van der Waals surface area contributed by atoms with E-state index >= 15 is 0 Å². The first-order valence-corrected chi connectivity index (χ1v) is 20.3. The quantitative estimate of drug-likeness (QED) is 0.178. The average Bonchev–Trinajstić information content (AvgIpc) is 3.10. The van der Waals surface area contributed by atoms with Gasteiger partial charge in [-0.05, 0) is 132 Å². The minimum atomic E-state index is -1.15. The maximum absolute atomic E-state index is 13.2. The molecule has 6 rings (SSSR count). The molecule has 2 N–H and O–H groups in total. The van der Waals surface area contributed by atoms with Crippen LogP contribution in [0.3, 0.4) is 0 Å². The molecule has 1 atom stereocenters. The Balaban J connectivity index is 1.41. The number of aromatic nitrogens is 1. The highest BCUT2D eigenvalue weighted by Gasteiger charge is 2.37. The number of fused-ring (bicyclic) bond motifs is 1. The Kier molecular flexibility index (Phi) is 12.4. The number of rotatable bonds is 12. The first kappa shape index (κ1) is 39.5. The molecule has 0 spiro atoms. The van der Waals surface area contributed by atoms with Gasteiger partial charge < -0.3 is 25.0 Å². The van der Waals surface area contributed by atoms with Crippen molar-refractivity contribution < 1.29 is 14.6 Å². The van der Waals surface area contributed by atoms with E-state index in [4.69, 9.17) is 21.3 Å². The Morgan fingerprint density at radius 2 is 1.74 bits per heavy atom. The van der Waals surface area contributed by atoms with Gasteiger partial charge in [-0.1, -0.05) is 62.2 Å². The van der Waals surface area contributed by atoms with Crippen LogP contribution in [0, 0.1) is 19.3 Å². The van der Waals surface area contributed by atoms with Crippen molar-refractivity contribution in [1.29, 1.82) is 0 Å². The molecule has 3 aliphatic rings. The molecule has 288 valence electrons. The summed E-state index contributed by atoms with van der Waals surface area (Å²) in [5.74, 6) is -0.160. The summed E-state index contributed by atoms with van der Waals surface area (Å²) in [6, 6.07) is 13.0. The summed E-state index contributed by atoms with van der Waals surface area (Å²) in [5.41, 5.74) is 9.02. The lowest BCUT2D eigenvalue weighted by atomic mass is 9.81. The van der Waals surface area contributed by atoms with Crippen molar-refractivity contribution in [2.24, 2.45) is 5.41 Å². The van der Waals surface area contributed by atoms with E-state index in [0.29, 0.717) is 11.3 Å². The highest BCUT2D eigenvalue weighted by molar-refractivity contribution is 6.31. The number of benzene rings is 2. The Morgan fingerprint density at radius 3 is 2.42 bits per heavy atom. The summed E-state index contributed by atoms with van der Waals surface area (Å²) >= 11 is 6.64. The number of nitrogens with zero attached hydrogens (tertiary/aromatic N) is 4. The smallest absolute Gasteiger partial charge is 0.337 e. The molecule has 0 saturated carbocycles. The minimum absolute atomic E-state index is 0.225. The number of anilines is 2. The third-order valence-electron chi connectivity index (χ3n) is 11.5. The number of carboxylic acids is 1. The number of piperidine rings is 2. The number of aryl methyl sites for hydroxylation is 2. The Hall–Kier alpha value is -3.17. The van der Waals surface area contributed by atoms with Gasteiger partial charge in [-0.25, -0.2) is 9.78 Å². The van der Waals surface area contributed by atoms with Gasteiger partial charge in [0.1, 0.15) is 5.82 Å². The van der Waals surface area contributed by atoms with Crippen LogP contribution in [0.2, 0.25) is 5.02 Å². The van der Waals surface area contributed by atoms with Crippen molar-refractivity contribution in [2.75, 3.05) is 56.0 Å². The highest BCUT2D eigenvalue weighted by atomic mass is 35.5. The van der Waals surface area contributed by atoms with E-state index in [1.807, 2.05) is 39.8 Å². The summed E-state index contributed by atoms with van der Waals surface area (Å²) in [5, 5.41) is 15.4. The molecule has 0 bridgehead atoms. The zero-order chi connectivity index (χ0) is 37.9. The van der Waals surface area contributed by atoms with Crippen molar-refractivity contribution >= 4 is 29.1 Å². The van der Waals surface area contributed by atoms with Gasteiger partial charge in [-0.3, -0.25) is 4.90 Å². The maximum atomic E-state index is 13.2. The molecule has 9 heteroatoms. The molecule has 1 unspecified atom stereocenters. The van der Waals surface area contributed by atoms with Gasteiger partial charge in [-0.2, -0.15) is 0 Å². The number of nitrogens with one attached hydrogen (secondary N) is 1. The lowest BCUT2D eigenvalue weighted by Gasteiger charge is -2.41. The lowest BCUT2D eigenvalue weighted by Crippen LogP contribution is -2.39. The number of likely N-dealkylation sites (tertiary alicyclic amines) is 1. The molecule has 2 fully saturated rings. The lowest BCUT2D eigenvalue weighted by molar-refractivity contribution is -0.160. The minimum Gasteiger partial charge on any atom is -0.479 e. The van der Waals surface area contributed by atoms with E-state index in [1.54, 1.807) is 0 Å². The predicted molar refractivity (Wildman–Crippen MR) is 218 cm³/mol. The van der Waals surface area contributed by atoms with Gasteiger partial charge in [0.25, 0.3) is 0 Å². The number of hydrogen-bond donors (Lipinski definition) is 2. The van der Waals surface area contributed by atoms with Gasteiger partial charge in [-0.15, -0.1) is 0 Å². The fourth-order valence-electron chi connectivity index (χ4n) is 8.35. The number of aliphatic carboxylic acids is 1. The highest BCUT2D eigenvalue weighted by Crippen LogP contribution is 2.47. The van der Waals surface area contributed by atoms with Crippen LogP contribution in [-0.2, 0) is 29.0 Å². The van der Waals surface area contributed by atoms with Gasteiger partial charge in [0.15, 0.2) is 6.10 Å². The van der Waals surface area contributed by atoms with E-state index < -0.39 is 17.7 Å². The molecular formula is C44H62ClN5O3. The second-order valence-electron chi connectivity index (χ2n) is 17.4. The second kappa shape index (κ2) is 16.7. The Bertz CT molecular complexity index is 1730. The molecule has 2 saturated heterocycles. The second-order valence-corrected chi connectivity index (χ2v) is 17.9. The largest absolute Gasteiger partial charge is 0.479 e. The molecule has 1 aromatic heterocycles. The molecule has 4 heterocycles. The van der Waals surface area contributed by atoms with Gasteiger partial charge in [0.05, 0.1) is 11.3 Å². The van der Waals surface area contributed by atoms with Crippen LogP contribution in [0.1, 0.15) is 113 Å². The predicted octanol–water partition coefficient (Wildman–Crippen LogP) is 9.43. The van der Waals surface area contributed by atoms with E-state index in [2.05, 4.69) is 65.1 Å². The van der Waals surface area contributed by atoms with Crippen LogP contribution in [-0.4, -0.2) is 77.3 Å². The average molecular weight is 744 g/mol. The number of carbonyl (C=O) groups is 1. The van der Waals surface area contributed by atoms with Crippen molar-refractivity contribution in [2.45, 2.75) is 118 Å². The SMILES string of the molecule is Cc1cccc(Cl)c1CN1CCc2cc(-c3c(NCCCN4CCCCC4)nc(C)c(C(OC(C)(C)C)C(=O)O)c3N3CCC(C)(C)CC3)ccc2C1. The van der Waals surface area contributed by atoms with Crippen LogP contribution in [0.5, 0.6) is 0 Å². The standard InChI is InChI=1S/C44H62ClN5O3/c1-30-13-11-14-36(45)35(30)29-49-24-17-32-27-33(15-16-34(32)28-49)38-39(50-25-18-44(6,7)19-26-50)37(40(42(51)52)53-43(3,4)5)31(2)47-41(38)46-20-12-23-48-21-9-8-10-22-48/h11,13-16,27,40H,8-10,12,17-26,28-29H2,1-7H3,(H,46,47)(H,51,52). The van der Waals surface area contributed by atoms with Crippen molar-refractivity contribution in [1.82, 2.24) is 14.8 Å². The fraction of sp³-hybridized carbons (Fsp3) is 0.591. The van der Waals surface area contributed by atoms with E-state index in [1.165, 1.54) is 54.6 Å². The normalized spacial score (nSPS) is 18.8. The van der Waals surface area contributed by atoms with Gasteiger partial charge >= 0.3 is 5.97 Å². The number of halogens is 1. The van der Waals surface area contributed by atoms with E-state index in [0.717, 1.165) is 99.2 Å². The van der Waals surface area contributed by atoms with Crippen molar-refractivity contribution in [3.8, 4) is 11.1 Å². The maximum Gasteiger partial charge on any atom is 0.337 e. The Morgan fingerprint density at radius 1 is 1.00 bits per heavy atom. The topological polar surface area (TPSA) is 81.2 Å². The molecular weight excluding hydrogens is 682 g/mol. The Labute approximate surface area is 323 Å². The van der Waals surface area contributed by atoms with Crippen LogP contribution >= 0.6 is 11.6 Å². The van der Waals surface area contributed by atoms with E-state index in [-0.39, 0.29) is 5.41 Å². The summed E-state index contributed by atoms with van der Waals surface area (Å²) in [7, 11) is 0. The first-order chi connectivity index (χ1) is 25.2. The van der Waals surface area contributed by atoms with Gasteiger partial charge in [0.2, 0.25) is 0 Å². The fourth-order valence-corrected chi connectivity index (χ4v) is 8.63. The summed E-state index contributed by atoms with van der Waals surface area (Å²) in [6.45, 7) is 23.1. The van der Waals surface area contributed by atoms with Crippen LogP contribution in [0.4, 0.5) is 11.5 Å². The number of ether oxygens (including phenoxy) is 1. The molecule has 8 nitrogen and oxygen atoms in total. The number of hydrogen-bond acceptors (Lipinski definition) is 7. The summed E-state index contributed by atoms with van der Waals surface area (Å²) < 4.78 is 6.40. The molecule has 53 heavy (non-hydrogen) atoms. The van der Waals surface area contributed by atoms with Crippen LogP contribution in [0.25, 0.3) is 11.1 Å². The molecule has 3 aromatic rings. The zero-order valence-electron chi connectivity index (χ0n) is 33.3. The van der Waals surface area contributed by atoms with Crippen molar-refractivity contribution in [3.05, 3.63) is 74.9 Å². The summed E-state index contributed by atoms with van der Waals surface area (Å²) in [6.07, 6.45) is 6.74. The van der Waals surface area contributed by atoms with Crippen molar-refractivity contribution in [3.63, 3.8) is 0 Å². The van der Waals surface area contributed by atoms with Gasteiger partial charge in [0, 0.05) is 61.1 Å². The molecule has 0 aliphatic carbocycles. The summed E-state index contributed by atoms with van der Waals surface area (Å²) in [4.78, 5) is 25.9. The third-order valence-corrected chi connectivity index (χ3v) is 11.9. The molecule has 3 aliphatic heterocycles. The zero-order valence-corrected chi connectivity index (χ0v) is 34.0. The monoisotopic (exact) mass is 743 g/mol. The number of carboxylic acid groups (broad SMARTS) is 1. The third kappa shape index (κ3) is 9.74. The first-order valence-electron chi connectivity index (χ1n) is 19.9. The molecule has 0 amide bonds. The van der Waals surface area contributed by atoms with Crippen LogP contribution < -0.4 is 10.2 Å². The van der Waals surface area contributed by atoms with E-state index in [9.17, 15) is 9.90 Å². The van der Waals surface area contributed by atoms with Crippen LogP contribution in [0.15, 0.2) is 36.4 Å². The molecule has 2 aromatic carbocycles.